The number of aromatic nitrogens is 1. The Morgan fingerprint density at radius 2 is 2.14 bits per heavy atom. The maximum atomic E-state index is 12.8. The number of H-pyrrole nitrogens is 1. The predicted molar refractivity (Wildman–Crippen MR) is 50.9 cm³/mol. The van der Waals surface area contributed by atoms with Crippen molar-refractivity contribution in [2.45, 2.75) is 6.92 Å². The fourth-order valence-electron chi connectivity index (χ4n) is 1.35. The van der Waals surface area contributed by atoms with E-state index in [0.717, 1.165) is 0 Å². The molecule has 0 amide bonds. The second kappa shape index (κ2) is 2.83. The van der Waals surface area contributed by atoms with E-state index >= 15 is 0 Å². The van der Waals surface area contributed by atoms with Gasteiger partial charge >= 0.3 is 0 Å². The van der Waals surface area contributed by atoms with Crippen molar-refractivity contribution in [3.63, 3.8) is 0 Å². The van der Waals surface area contributed by atoms with Crippen LogP contribution in [0.15, 0.2) is 23.0 Å². The lowest BCUT2D eigenvalue weighted by atomic mass is 10.1. The van der Waals surface area contributed by atoms with Gasteiger partial charge in [0.15, 0.2) is 0 Å². The molecule has 0 saturated heterocycles. The number of hydrogen-bond donors (Lipinski definition) is 2. The van der Waals surface area contributed by atoms with Gasteiger partial charge in [-0.05, 0) is 25.1 Å². The third kappa shape index (κ3) is 1.16. The van der Waals surface area contributed by atoms with Crippen LogP contribution >= 0.6 is 0 Å². The van der Waals surface area contributed by atoms with Crippen LogP contribution < -0.4 is 5.56 Å². The molecule has 0 fully saturated rings. The first-order chi connectivity index (χ1) is 6.59. The first-order valence-electron chi connectivity index (χ1n) is 4.10. The third-order valence-corrected chi connectivity index (χ3v) is 2.18. The average Bonchev–Trinajstić information content (AvgIpc) is 2.16. The quantitative estimate of drug-likeness (QED) is 0.668. The molecule has 0 aliphatic carbocycles. The average molecular weight is 193 g/mol. The van der Waals surface area contributed by atoms with Crippen LogP contribution in [0.25, 0.3) is 10.9 Å². The molecule has 72 valence electrons. The van der Waals surface area contributed by atoms with Crippen molar-refractivity contribution in [2.24, 2.45) is 0 Å². The molecule has 0 saturated carbocycles. The van der Waals surface area contributed by atoms with E-state index < -0.39 is 5.82 Å². The van der Waals surface area contributed by atoms with E-state index in [9.17, 15) is 14.3 Å². The fraction of sp³-hybridized carbons (Fsp3) is 0.100. The van der Waals surface area contributed by atoms with E-state index in [1.165, 1.54) is 25.1 Å². The molecule has 14 heavy (non-hydrogen) atoms. The molecule has 2 rings (SSSR count). The molecule has 0 spiro atoms. The lowest BCUT2D eigenvalue weighted by molar-refractivity contribution is 0.475. The molecule has 0 atom stereocenters. The smallest absolute Gasteiger partial charge is 0.255 e. The Bertz CT molecular complexity index is 560. The minimum atomic E-state index is -0.445. The number of pyridine rings is 1. The van der Waals surface area contributed by atoms with Crippen LogP contribution in [0, 0.1) is 12.7 Å². The molecular weight excluding hydrogens is 185 g/mol. The summed E-state index contributed by atoms with van der Waals surface area (Å²) in [6.45, 7) is 1.48. The zero-order valence-corrected chi connectivity index (χ0v) is 7.47. The maximum absolute atomic E-state index is 12.8. The monoisotopic (exact) mass is 193 g/mol. The highest BCUT2D eigenvalue weighted by atomic mass is 19.1. The number of halogens is 1. The van der Waals surface area contributed by atoms with Gasteiger partial charge in [0, 0.05) is 5.39 Å². The van der Waals surface area contributed by atoms with Gasteiger partial charge in [0.2, 0.25) is 0 Å². The molecule has 0 unspecified atom stereocenters. The van der Waals surface area contributed by atoms with Crippen LogP contribution in [-0.4, -0.2) is 10.1 Å². The Kier molecular flexibility index (Phi) is 1.77. The van der Waals surface area contributed by atoms with Crippen LogP contribution in [0.5, 0.6) is 5.75 Å². The van der Waals surface area contributed by atoms with Gasteiger partial charge in [0.1, 0.15) is 11.6 Å². The Hall–Kier alpha value is -1.84. The molecule has 2 N–H and O–H groups in total. The molecule has 1 aromatic carbocycles. The Morgan fingerprint density at radius 3 is 2.86 bits per heavy atom. The first-order valence-corrected chi connectivity index (χ1v) is 4.10. The molecule has 3 nitrogen and oxygen atoms in total. The normalized spacial score (nSPS) is 10.7. The van der Waals surface area contributed by atoms with E-state index in [4.69, 9.17) is 0 Å². The van der Waals surface area contributed by atoms with Gasteiger partial charge in [-0.1, -0.05) is 0 Å². The molecule has 1 aromatic heterocycles. The summed E-state index contributed by atoms with van der Waals surface area (Å²) < 4.78 is 12.8. The number of benzene rings is 1. The topological polar surface area (TPSA) is 53.1 Å². The molecule has 1 heterocycles. The fourth-order valence-corrected chi connectivity index (χ4v) is 1.35. The molecule has 0 aliphatic heterocycles. The standard InChI is InChI=1S/C10H8FNO2/c1-5-9(13)7-4-6(11)2-3-8(7)12-10(5)14/h2-4H,1H3,(H2,12,13,14). The Morgan fingerprint density at radius 1 is 1.43 bits per heavy atom. The van der Waals surface area contributed by atoms with Gasteiger partial charge in [-0.15, -0.1) is 0 Å². The van der Waals surface area contributed by atoms with E-state index in [0.29, 0.717) is 10.9 Å². The van der Waals surface area contributed by atoms with Gasteiger partial charge in [-0.2, -0.15) is 0 Å². The highest BCUT2D eigenvalue weighted by molar-refractivity contribution is 5.85. The van der Waals surface area contributed by atoms with Crippen molar-refractivity contribution in [3.8, 4) is 5.75 Å². The third-order valence-electron chi connectivity index (χ3n) is 2.18. The predicted octanol–water partition coefficient (Wildman–Crippen LogP) is 1.68. The van der Waals surface area contributed by atoms with Gasteiger partial charge in [-0.3, -0.25) is 4.79 Å². The van der Waals surface area contributed by atoms with Crippen LogP contribution in [0.1, 0.15) is 5.56 Å². The first kappa shape index (κ1) is 8.74. The van der Waals surface area contributed by atoms with Crippen molar-refractivity contribution in [1.29, 1.82) is 0 Å². The summed E-state index contributed by atoms with van der Waals surface area (Å²) in [7, 11) is 0. The van der Waals surface area contributed by atoms with Gasteiger partial charge in [0.05, 0.1) is 11.1 Å². The Balaban J connectivity index is 2.99. The zero-order chi connectivity index (χ0) is 10.3. The van der Waals surface area contributed by atoms with Crippen molar-refractivity contribution < 1.29 is 9.50 Å². The van der Waals surface area contributed by atoms with E-state index in [1.54, 1.807) is 0 Å². The second-order valence-electron chi connectivity index (χ2n) is 3.12. The number of hydrogen-bond acceptors (Lipinski definition) is 2. The summed E-state index contributed by atoms with van der Waals surface area (Å²) in [6, 6.07) is 3.84. The highest BCUT2D eigenvalue weighted by Gasteiger charge is 2.07. The second-order valence-corrected chi connectivity index (χ2v) is 3.12. The lowest BCUT2D eigenvalue weighted by Crippen LogP contribution is -2.09. The molecule has 0 aliphatic rings. The number of aromatic amines is 1. The summed E-state index contributed by atoms with van der Waals surface area (Å²) in [5.41, 5.74) is 0.268. The molecule has 2 aromatic rings. The summed E-state index contributed by atoms with van der Waals surface area (Å²) in [5.74, 6) is -0.609. The minimum absolute atomic E-state index is 0.164. The Labute approximate surface area is 78.8 Å². The summed E-state index contributed by atoms with van der Waals surface area (Å²) in [4.78, 5) is 13.8. The van der Waals surface area contributed by atoms with Gasteiger partial charge in [0.25, 0.3) is 5.56 Å². The van der Waals surface area contributed by atoms with Crippen LogP contribution in [0.4, 0.5) is 4.39 Å². The number of aromatic hydroxyl groups is 1. The minimum Gasteiger partial charge on any atom is -0.507 e. The number of rotatable bonds is 0. The van der Waals surface area contributed by atoms with Crippen LogP contribution in [-0.2, 0) is 0 Å². The molecular formula is C10H8FNO2. The van der Waals surface area contributed by atoms with Crippen LogP contribution in [0.2, 0.25) is 0 Å². The van der Waals surface area contributed by atoms with Crippen molar-refractivity contribution in [2.75, 3.05) is 0 Å². The zero-order valence-electron chi connectivity index (χ0n) is 7.47. The highest BCUT2D eigenvalue weighted by Crippen LogP contribution is 2.24. The number of fused-ring (bicyclic) bond motifs is 1. The van der Waals surface area contributed by atoms with Crippen molar-refractivity contribution in [3.05, 3.63) is 39.9 Å². The van der Waals surface area contributed by atoms with E-state index in [2.05, 4.69) is 4.98 Å². The summed E-state index contributed by atoms with van der Waals surface area (Å²) >= 11 is 0. The molecule has 4 heteroatoms. The summed E-state index contributed by atoms with van der Waals surface area (Å²) in [5, 5.41) is 9.90. The van der Waals surface area contributed by atoms with Crippen molar-refractivity contribution in [1.82, 2.24) is 4.98 Å². The van der Waals surface area contributed by atoms with Gasteiger partial charge < -0.3 is 10.1 Å². The lowest BCUT2D eigenvalue weighted by Gasteiger charge is -2.03. The van der Waals surface area contributed by atoms with E-state index in [-0.39, 0.29) is 16.9 Å². The van der Waals surface area contributed by atoms with Crippen molar-refractivity contribution >= 4 is 10.9 Å². The van der Waals surface area contributed by atoms with Gasteiger partial charge in [-0.25, -0.2) is 4.39 Å². The summed E-state index contributed by atoms with van der Waals surface area (Å²) in [6.07, 6.45) is 0. The SMILES string of the molecule is Cc1c(O)c2cc(F)ccc2[nH]c1=O. The molecule has 0 bridgehead atoms. The largest absolute Gasteiger partial charge is 0.507 e. The van der Waals surface area contributed by atoms with Crippen LogP contribution in [0.3, 0.4) is 0 Å². The molecule has 0 radical (unpaired) electrons. The van der Waals surface area contributed by atoms with E-state index in [1.807, 2.05) is 0 Å². The maximum Gasteiger partial charge on any atom is 0.255 e. The number of nitrogens with one attached hydrogen (secondary N) is 1.